The van der Waals surface area contributed by atoms with Crippen LogP contribution in [0.1, 0.15) is 34.2 Å². The lowest BCUT2D eigenvalue weighted by molar-refractivity contribution is 0.0984. The number of aromatic nitrogens is 2. The normalized spacial score (nSPS) is 17.6. The Bertz CT molecular complexity index is 1080. The number of carbonyl (C=O) groups is 1. The molecule has 5 nitrogen and oxygen atoms in total. The van der Waals surface area contributed by atoms with Crippen LogP contribution in [0.2, 0.25) is 0 Å². The molecule has 28 heavy (non-hydrogen) atoms. The van der Waals surface area contributed by atoms with Crippen molar-refractivity contribution in [3.05, 3.63) is 77.1 Å². The minimum absolute atomic E-state index is 0.0585. The van der Waals surface area contributed by atoms with E-state index in [-0.39, 0.29) is 11.9 Å². The molecule has 1 atom stereocenters. The third kappa shape index (κ3) is 2.66. The van der Waals surface area contributed by atoms with E-state index in [9.17, 15) is 4.79 Å². The van der Waals surface area contributed by atoms with Crippen molar-refractivity contribution < 1.29 is 4.79 Å². The summed E-state index contributed by atoms with van der Waals surface area (Å²) in [6.45, 7) is 4.79. The number of benzene rings is 2. The molecule has 2 aliphatic rings. The van der Waals surface area contributed by atoms with Gasteiger partial charge in [0.1, 0.15) is 5.69 Å². The number of para-hydroxylation sites is 2. The summed E-state index contributed by atoms with van der Waals surface area (Å²) >= 11 is 0. The molecule has 2 aliphatic heterocycles. The van der Waals surface area contributed by atoms with E-state index in [1.165, 1.54) is 11.1 Å². The predicted molar refractivity (Wildman–Crippen MR) is 110 cm³/mol. The molecular formula is C23H22N4O. The molecule has 1 aromatic heterocycles. The van der Waals surface area contributed by atoms with Crippen LogP contribution in [0, 0.1) is 6.92 Å². The first kappa shape index (κ1) is 16.9. The van der Waals surface area contributed by atoms with Gasteiger partial charge in [0.05, 0.1) is 0 Å². The van der Waals surface area contributed by atoms with Crippen LogP contribution in [0.3, 0.4) is 0 Å². The molecule has 0 bridgehead atoms. The Morgan fingerprint density at radius 1 is 1.00 bits per heavy atom. The largest absolute Gasteiger partial charge is 0.307 e. The zero-order valence-electron chi connectivity index (χ0n) is 16.1. The fraction of sp³-hybridized carbons (Fsp3) is 0.261. The van der Waals surface area contributed by atoms with Crippen molar-refractivity contribution in [2.45, 2.75) is 32.7 Å². The number of nitrogens with zero attached hydrogens (tertiary/aromatic N) is 4. The second-order valence-electron chi connectivity index (χ2n) is 7.58. The van der Waals surface area contributed by atoms with Gasteiger partial charge < -0.3 is 9.80 Å². The highest BCUT2D eigenvalue weighted by atomic mass is 16.2. The van der Waals surface area contributed by atoms with Gasteiger partial charge in [0.2, 0.25) is 5.95 Å². The van der Waals surface area contributed by atoms with Crippen molar-refractivity contribution in [3.8, 4) is 0 Å². The zero-order valence-corrected chi connectivity index (χ0v) is 16.1. The summed E-state index contributed by atoms with van der Waals surface area (Å²) in [5, 5.41) is 0. The molecule has 1 amide bonds. The Balaban J connectivity index is 1.53. The van der Waals surface area contributed by atoms with Gasteiger partial charge in [0, 0.05) is 29.7 Å². The average molecular weight is 370 g/mol. The highest BCUT2D eigenvalue weighted by molar-refractivity contribution is 6.06. The molecule has 1 unspecified atom stereocenters. The lowest BCUT2D eigenvalue weighted by Gasteiger charge is -2.24. The second kappa shape index (κ2) is 6.44. The lowest BCUT2D eigenvalue weighted by atomic mass is 10.1. The number of hydrogen-bond acceptors (Lipinski definition) is 4. The summed E-state index contributed by atoms with van der Waals surface area (Å²) in [5.41, 5.74) is 5.88. The highest BCUT2D eigenvalue weighted by Gasteiger charge is 2.31. The van der Waals surface area contributed by atoms with Gasteiger partial charge >= 0.3 is 0 Å². The third-order valence-electron chi connectivity index (χ3n) is 5.62. The van der Waals surface area contributed by atoms with Crippen molar-refractivity contribution in [2.75, 3.05) is 16.3 Å². The van der Waals surface area contributed by atoms with Gasteiger partial charge in [0.15, 0.2) is 0 Å². The minimum atomic E-state index is -0.0585. The quantitative estimate of drug-likeness (QED) is 0.682. The Hall–Kier alpha value is -3.21. The fourth-order valence-electron chi connectivity index (χ4n) is 4.33. The van der Waals surface area contributed by atoms with E-state index >= 15 is 0 Å². The van der Waals surface area contributed by atoms with Crippen LogP contribution in [0.25, 0.3) is 0 Å². The summed E-state index contributed by atoms with van der Waals surface area (Å²) in [6, 6.07) is 18.5. The first-order chi connectivity index (χ1) is 13.6. The van der Waals surface area contributed by atoms with Crippen LogP contribution in [-0.4, -0.2) is 28.5 Å². The monoisotopic (exact) mass is 370 g/mol. The van der Waals surface area contributed by atoms with Crippen molar-refractivity contribution in [1.29, 1.82) is 0 Å². The van der Waals surface area contributed by atoms with Gasteiger partial charge in [-0.3, -0.25) is 4.79 Å². The molecule has 0 fully saturated rings. The summed E-state index contributed by atoms with van der Waals surface area (Å²) in [5.74, 6) is 0.546. The first-order valence-corrected chi connectivity index (χ1v) is 9.74. The van der Waals surface area contributed by atoms with E-state index in [4.69, 9.17) is 4.98 Å². The molecule has 0 aliphatic carbocycles. The summed E-state index contributed by atoms with van der Waals surface area (Å²) in [7, 11) is 0. The SMILES string of the molecule is Cc1cc(C(=O)N2CCc3ccccc32)nc(N2c3ccccc3CC2C)n1. The molecule has 2 aromatic carbocycles. The molecule has 0 radical (unpaired) electrons. The van der Waals surface area contributed by atoms with Crippen molar-refractivity contribution in [2.24, 2.45) is 0 Å². The summed E-state index contributed by atoms with van der Waals surface area (Å²) in [4.78, 5) is 26.6. The predicted octanol–water partition coefficient (Wildman–Crippen LogP) is 4.07. The number of amides is 1. The topological polar surface area (TPSA) is 49.3 Å². The molecule has 0 spiro atoms. The van der Waals surface area contributed by atoms with E-state index in [1.54, 1.807) is 6.07 Å². The van der Waals surface area contributed by atoms with Gasteiger partial charge in [-0.15, -0.1) is 0 Å². The maximum atomic E-state index is 13.3. The van der Waals surface area contributed by atoms with Crippen molar-refractivity contribution in [1.82, 2.24) is 9.97 Å². The van der Waals surface area contributed by atoms with Crippen LogP contribution in [0.15, 0.2) is 54.6 Å². The maximum Gasteiger partial charge on any atom is 0.277 e. The van der Waals surface area contributed by atoms with Crippen LogP contribution in [-0.2, 0) is 12.8 Å². The van der Waals surface area contributed by atoms with E-state index in [2.05, 4.69) is 41.1 Å². The summed E-state index contributed by atoms with van der Waals surface area (Å²) < 4.78 is 0. The molecule has 3 heterocycles. The van der Waals surface area contributed by atoms with Crippen LogP contribution in [0.4, 0.5) is 17.3 Å². The molecule has 0 saturated heterocycles. The number of aryl methyl sites for hydroxylation is 1. The van der Waals surface area contributed by atoms with Gasteiger partial charge in [-0.2, -0.15) is 0 Å². The van der Waals surface area contributed by atoms with Crippen LogP contribution >= 0.6 is 0 Å². The Kier molecular flexibility index (Phi) is 3.90. The molecule has 5 rings (SSSR count). The second-order valence-corrected chi connectivity index (χ2v) is 7.58. The number of hydrogen-bond donors (Lipinski definition) is 0. The van der Waals surface area contributed by atoms with Gasteiger partial charge in [0.25, 0.3) is 5.91 Å². The van der Waals surface area contributed by atoms with Gasteiger partial charge in [-0.05, 0) is 56.0 Å². The molecule has 0 saturated carbocycles. The van der Waals surface area contributed by atoms with E-state index < -0.39 is 0 Å². The smallest absolute Gasteiger partial charge is 0.277 e. The average Bonchev–Trinajstić information content (AvgIpc) is 3.27. The standard InChI is InChI=1S/C23H22N4O/c1-15-13-19(22(28)26-12-11-17-7-3-5-9-20(17)26)25-23(24-15)27-16(2)14-18-8-4-6-10-21(18)27/h3-10,13,16H,11-12,14H2,1-2H3. The van der Waals surface area contributed by atoms with Crippen molar-refractivity contribution in [3.63, 3.8) is 0 Å². The molecule has 5 heteroatoms. The Labute approximate surface area is 164 Å². The molecular weight excluding hydrogens is 348 g/mol. The fourth-order valence-corrected chi connectivity index (χ4v) is 4.33. The van der Waals surface area contributed by atoms with Gasteiger partial charge in [-0.25, -0.2) is 9.97 Å². The van der Waals surface area contributed by atoms with Gasteiger partial charge in [-0.1, -0.05) is 36.4 Å². The molecule has 140 valence electrons. The third-order valence-corrected chi connectivity index (χ3v) is 5.62. The Morgan fingerprint density at radius 3 is 2.54 bits per heavy atom. The van der Waals surface area contributed by atoms with Crippen LogP contribution < -0.4 is 9.80 Å². The highest BCUT2D eigenvalue weighted by Crippen LogP contribution is 2.36. The zero-order chi connectivity index (χ0) is 19.3. The first-order valence-electron chi connectivity index (χ1n) is 9.74. The summed E-state index contributed by atoms with van der Waals surface area (Å²) in [6.07, 6.45) is 1.84. The molecule has 3 aromatic rings. The van der Waals surface area contributed by atoms with E-state index in [1.807, 2.05) is 36.1 Å². The molecule has 0 N–H and O–H groups in total. The number of rotatable bonds is 2. The number of anilines is 3. The number of carbonyl (C=O) groups excluding carboxylic acids is 1. The maximum absolute atomic E-state index is 13.3. The Morgan fingerprint density at radius 2 is 1.71 bits per heavy atom. The van der Waals surface area contributed by atoms with Crippen LogP contribution in [0.5, 0.6) is 0 Å². The number of fused-ring (bicyclic) bond motifs is 2. The van der Waals surface area contributed by atoms with Crippen molar-refractivity contribution >= 4 is 23.2 Å². The van der Waals surface area contributed by atoms with E-state index in [0.29, 0.717) is 18.2 Å². The minimum Gasteiger partial charge on any atom is -0.307 e. The van der Waals surface area contributed by atoms with E-state index in [0.717, 1.165) is 29.9 Å². The lowest BCUT2D eigenvalue weighted by Crippen LogP contribution is -2.31.